The molecule has 0 radical (unpaired) electrons. The minimum atomic E-state index is -1.07. The summed E-state index contributed by atoms with van der Waals surface area (Å²) in [6.45, 7) is 1.84. The molecule has 1 atom stereocenters. The summed E-state index contributed by atoms with van der Waals surface area (Å²) >= 11 is 12.9. The highest BCUT2D eigenvalue weighted by Crippen LogP contribution is 2.45. The molecule has 3 aromatic carbocycles. The molecule has 1 saturated heterocycles. The molecule has 0 spiro atoms. The predicted octanol–water partition coefficient (Wildman–Crippen LogP) is 6.82. The van der Waals surface area contributed by atoms with Crippen LogP contribution < -0.4 is 4.90 Å². The first-order valence-corrected chi connectivity index (χ1v) is 11.8. The summed E-state index contributed by atoms with van der Waals surface area (Å²) in [7, 11) is 0. The molecule has 35 heavy (non-hydrogen) atoms. The third-order valence-corrected chi connectivity index (χ3v) is 7.34. The number of hydrogen-bond acceptors (Lipinski definition) is 5. The molecule has 2 heterocycles. The van der Waals surface area contributed by atoms with Gasteiger partial charge in [-0.15, -0.1) is 0 Å². The number of carbonyl (C=O) groups is 2. The van der Waals surface area contributed by atoms with Crippen LogP contribution in [0.25, 0.3) is 16.0 Å². The molecule has 176 valence electrons. The van der Waals surface area contributed by atoms with E-state index in [9.17, 15) is 23.5 Å². The van der Waals surface area contributed by atoms with Gasteiger partial charge >= 0.3 is 5.91 Å². The molecule has 10 heteroatoms. The Morgan fingerprint density at radius 3 is 2.54 bits per heavy atom. The third kappa shape index (κ3) is 3.97. The van der Waals surface area contributed by atoms with E-state index in [-0.39, 0.29) is 36.5 Å². The fraction of sp³-hybridized carbons (Fsp3) is 0.0800. The number of aliphatic hydroxyl groups is 1. The van der Waals surface area contributed by atoms with Crippen molar-refractivity contribution in [3.63, 3.8) is 0 Å². The van der Waals surface area contributed by atoms with Crippen LogP contribution in [-0.4, -0.2) is 21.8 Å². The van der Waals surface area contributed by atoms with Crippen molar-refractivity contribution >= 4 is 67.3 Å². The molecule has 0 saturated carbocycles. The highest BCUT2D eigenvalue weighted by atomic mass is 35.5. The van der Waals surface area contributed by atoms with Crippen LogP contribution in [0.5, 0.6) is 0 Å². The van der Waals surface area contributed by atoms with E-state index in [0.717, 1.165) is 27.9 Å². The molecule has 1 unspecified atom stereocenters. The number of nitrogens with zero attached hydrogens (tertiary/aromatic N) is 2. The first kappa shape index (κ1) is 23.4. The summed E-state index contributed by atoms with van der Waals surface area (Å²) < 4.78 is 28.3. The lowest BCUT2D eigenvalue weighted by Crippen LogP contribution is -2.29. The first-order chi connectivity index (χ1) is 16.7. The average molecular weight is 531 g/mol. The third-order valence-electron chi connectivity index (χ3n) is 5.60. The molecule has 1 aromatic heterocycles. The highest BCUT2D eigenvalue weighted by molar-refractivity contribution is 7.22. The van der Waals surface area contributed by atoms with Gasteiger partial charge in [0.15, 0.2) is 10.9 Å². The van der Waals surface area contributed by atoms with E-state index < -0.39 is 35.1 Å². The lowest BCUT2D eigenvalue weighted by Gasteiger charge is -2.23. The standard InChI is InChI=1S/C25H14Cl2F2N2O3S/c1-11-3-2-4-12(7-11)21-19(22(32)13-5-6-15(26)16(27)8-13)23(33)24(34)31(21)25-30-20-17(29)9-14(28)10-18(20)35-25/h2-10,21,32H,1H3/b22-19+. The van der Waals surface area contributed by atoms with Gasteiger partial charge in [-0.05, 0) is 36.8 Å². The number of aromatic nitrogens is 1. The fourth-order valence-electron chi connectivity index (χ4n) is 4.03. The number of ketones is 1. The Morgan fingerprint density at radius 2 is 1.83 bits per heavy atom. The number of hydrogen-bond donors (Lipinski definition) is 1. The van der Waals surface area contributed by atoms with E-state index in [1.54, 1.807) is 18.2 Å². The van der Waals surface area contributed by atoms with Crippen molar-refractivity contribution in [2.24, 2.45) is 0 Å². The van der Waals surface area contributed by atoms with E-state index in [1.165, 1.54) is 18.2 Å². The Bertz CT molecular complexity index is 1580. The molecular weight excluding hydrogens is 517 g/mol. The average Bonchev–Trinajstić information content (AvgIpc) is 3.34. The number of Topliss-reactive ketones (excluding diaryl/α,β-unsaturated/α-hetero) is 1. The van der Waals surface area contributed by atoms with Crippen molar-refractivity contribution in [1.29, 1.82) is 0 Å². The van der Waals surface area contributed by atoms with Crippen LogP contribution in [0, 0.1) is 18.6 Å². The number of aryl methyl sites for hydroxylation is 1. The van der Waals surface area contributed by atoms with Gasteiger partial charge in [-0.2, -0.15) is 0 Å². The number of benzene rings is 3. The Kier molecular flexibility index (Phi) is 5.83. The van der Waals surface area contributed by atoms with Crippen LogP contribution >= 0.6 is 34.5 Å². The predicted molar refractivity (Wildman–Crippen MR) is 132 cm³/mol. The fourth-order valence-corrected chi connectivity index (χ4v) is 5.36. The quantitative estimate of drug-likeness (QED) is 0.179. The Labute approximate surface area is 211 Å². The first-order valence-electron chi connectivity index (χ1n) is 10.2. The zero-order valence-corrected chi connectivity index (χ0v) is 20.2. The molecular formula is C25H14Cl2F2N2O3S. The normalized spacial score (nSPS) is 17.5. The van der Waals surface area contributed by atoms with Gasteiger partial charge < -0.3 is 5.11 Å². The maximum Gasteiger partial charge on any atom is 0.301 e. The minimum absolute atomic E-state index is 0.00806. The molecule has 1 amide bonds. The van der Waals surface area contributed by atoms with Gasteiger partial charge in [0.05, 0.1) is 26.4 Å². The van der Waals surface area contributed by atoms with Gasteiger partial charge in [0.2, 0.25) is 0 Å². The van der Waals surface area contributed by atoms with E-state index in [0.29, 0.717) is 11.6 Å². The number of thiazole rings is 1. The number of amides is 1. The van der Waals surface area contributed by atoms with Crippen LogP contribution in [-0.2, 0) is 9.59 Å². The maximum atomic E-state index is 14.4. The number of fused-ring (bicyclic) bond motifs is 1. The minimum Gasteiger partial charge on any atom is -0.507 e. The topological polar surface area (TPSA) is 70.5 Å². The number of aliphatic hydroxyl groups excluding tert-OH is 1. The summed E-state index contributed by atoms with van der Waals surface area (Å²) in [4.78, 5) is 31.8. The number of halogens is 4. The lowest BCUT2D eigenvalue weighted by atomic mass is 9.94. The van der Waals surface area contributed by atoms with E-state index in [1.807, 2.05) is 13.0 Å². The van der Waals surface area contributed by atoms with Crippen molar-refractivity contribution < 1.29 is 23.5 Å². The molecule has 1 aliphatic heterocycles. The van der Waals surface area contributed by atoms with Gasteiger partial charge in [0.25, 0.3) is 5.78 Å². The van der Waals surface area contributed by atoms with Crippen molar-refractivity contribution in [2.45, 2.75) is 13.0 Å². The van der Waals surface area contributed by atoms with E-state index in [4.69, 9.17) is 23.2 Å². The molecule has 1 aliphatic rings. The molecule has 5 rings (SSSR count). The molecule has 0 aliphatic carbocycles. The van der Waals surface area contributed by atoms with Crippen molar-refractivity contribution in [3.05, 3.63) is 98.5 Å². The van der Waals surface area contributed by atoms with Crippen molar-refractivity contribution in [1.82, 2.24) is 4.98 Å². The Balaban J connectivity index is 1.76. The SMILES string of the molecule is Cc1cccc(C2/C(=C(\O)c3ccc(Cl)c(Cl)c3)C(=O)C(=O)N2c2nc3c(F)cc(F)cc3s2)c1. The van der Waals surface area contributed by atoms with Crippen molar-refractivity contribution in [2.75, 3.05) is 4.90 Å². The number of carbonyl (C=O) groups excluding carboxylic acids is 2. The Morgan fingerprint density at radius 1 is 1.06 bits per heavy atom. The van der Waals surface area contributed by atoms with Gasteiger partial charge in [0.1, 0.15) is 17.1 Å². The molecule has 5 nitrogen and oxygen atoms in total. The van der Waals surface area contributed by atoms with Crippen LogP contribution in [0.2, 0.25) is 10.0 Å². The van der Waals surface area contributed by atoms with Gasteiger partial charge in [-0.25, -0.2) is 13.8 Å². The second-order valence-electron chi connectivity index (χ2n) is 7.94. The number of rotatable bonds is 3. The molecule has 1 fully saturated rings. The molecule has 4 aromatic rings. The second kappa shape index (κ2) is 8.71. The Hall–Kier alpha value is -3.33. The summed E-state index contributed by atoms with van der Waals surface area (Å²) in [6, 6.07) is 12.1. The zero-order valence-electron chi connectivity index (χ0n) is 17.9. The van der Waals surface area contributed by atoms with Crippen LogP contribution in [0.1, 0.15) is 22.7 Å². The summed E-state index contributed by atoms with van der Waals surface area (Å²) in [5, 5.41) is 11.6. The van der Waals surface area contributed by atoms with E-state index >= 15 is 0 Å². The molecule has 0 bridgehead atoms. The van der Waals surface area contributed by atoms with Crippen LogP contribution in [0.3, 0.4) is 0 Å². The zero-order chi connectivity index (χ0) is 25.0. The van der Waals surface area contributed by atoms with Gasteiger partial charge in [-0.3, -0.25) is 14.5 Å². The van der Waals surface area contributed by atoms with Crippen molar-refractivity contribution in [3.8, 4) is 0 Å². The van der Waals surface area contributed by atoms with Gasteiger partial charge in [-0.1, -0.05) is 64.4 Å². The summed E-state index contributed by atoms with van der Waals surface area (Å²) in [5.41, 5.74) is 1.25. The lowest BCUT2D eigenvalue weighted by molar-refractivity contribution is -0.132. The van der Waals surface area contributed by atoms with Crippen LogP contribution in [0.15, 0.2) is 60.2 Å². The summed E-state index contributed by atoms with van der Waals surface area (Å²) in [5.74, 6) is -4.04. The smallest absolute Gasteiger partial charge is 0.301 e. The highest BCUT2D eigenvalue weighted by Gasteiger charge is 2.48. The number of anilines is 1. The van der Waals surface area contributed by atoms with E-state index in [2.05, 4.69) is 4.98 Å². The summed E-state index contributed by atoms with van der Waals surface area (Å²) in [6.07, 6.45) is 0. The van der Waals surface area contributed by atoms with Gasteiger partial charge in [0, 0.05) is 11.6 Å². The monoisotopic (exact) mass is 530 g/mol. The van der Waals surface area contributed by atoms with Crippen LogP contribution in [0.4, 0.5) is 13.9 Å². The largest absolute Gasteiger partial charge is 0.507 e. The molecule has 1 N–H and O–H groups in total. The second-order valence-corrected chi connectivity index (χ2v) is 9.77. The maximum absolute atomic E-state index is 14.4.